The summed E-state index contributed by atoms with van der Waals surface area (Å²) in [6, 6.07) is 7.42. The molecule has 2 fully saturated rings. The lowest BCUT2D eigenvalue weighted by atomic mass is 9.73. The van der Waals surface area contributed by atoms with Gasteiger partial charge in [-0.1, -0.05) is 56.5 Å². The van der Waals surface area contributed by atoms with Crippen molar-refractivity contribution in [2.75, 3.05) is 6.54 Å². The predicted octanol–water partition coefficient (Wildman–Crippen LogP) is 3.06. The molecule has 1 saturated carbocycles. The number of imide groups is 1. The van der Waals surface area contributed by atoms with Crippen LogP contribution < -0.4 is 10.6 Å². The second-order valence-electron chi connectivity index (χ2n) is 7.88. The Morgan fingerprint density at radius 3 is 2.63 bits per heavy atom. The van der Waals surface area contributed by atoms with Crippen LogP contribution in [0.4, 0.5) is 4.79 Å². The normalized spacial score (nSPS) is 26.2. The molecule has 1 aromatic carbocycles. The topological polar surface area (TPSA) is 78.5 Å². The number of benzene rings is 1. The fraction of sp³-hybridized carbons (Fsp3) is 0.571. The summed E-state index contributed by atoms with van der Waals surface area (Å²) in [7, 11) is 0. The first kappa shape index (κ1) is 19.4. The summed E-state index contributed by atoms with van der Waals surface area (Å²) in [4.78, 5) is 39.0. The molecule has 1 spiro atoms. The first-order valence-corrected chi connectivity index (χ1v) is 9.87. The summed E-state index contributed by atoms with van der Waals surface area (Å²) in [5.74, 6) is -0.476. The minimum Gasteiger partial charge on any atom is -0.348 e. The number of rotatable bonds is 5. The number of carbonyl (C=O) groups is 3. The van der Waals surface area contributed by atoms with E-state index >= 15 is 0 Å². The van der Waals surface area contributed by atoms with Gasteiger partial charge in [-0.3, -0.25) is 14.5 Å². The number of amides is 4. The van der Waals surface area contributed by atoms with E-state index in [1.54, 1.807) is 0 Å². The molecule has 6 heteroatoms. The Labute approximate surface area is 160 Å². The van der Waals surface area contributed by atoms with E-state index < -0.39 is 11.6 Å². The van der Waals surface area contributed by atoms with E-state index in [1.807, 2.05) is 45.0 Å². The molecule has 1 heterocycles. The Balaban J connectivity index is 1.67. The molecule has 2 N–H and O–H groups in total. The SMILES string of the molecule is CC[C@H](NC(=O)CN1C(=O)N[C@@]2(CCCC[C@@H]2C)C1=O)c1ccc(C)cc1. The van der Waals surface area contributed by atoms with Gasteiger partial charge in [0.15, 0.2) is 0 Å². The van der Waals surface area contributed by atoms with E-state index in [0.717, 1.165) is 41.7 Å². The number of aryl methyl sites for hydroxylation is 1. The Bertz CT molecular complexity index is 731. The molecule has 0 bridgehead atoms. The number of nitrogens with zero attached hydrogens (tertiary/aromatic N) is 1. The molecule has 3 rings (SSSR count). The molecule has 2 aliphatic rings. The van der Waals surface area contributed by atoms with Gasteiger partial charge in [-0.15, -0.1) is 0 Å². The number of carbonyl (C=O) groups excluding carboxylic acids is 3. The molecular weight excluding hydrogens is 342 g/mol. The fourth-order valence-electron chi connectivity index (χ4n) is 4.24. The van der Waals surface area contributed by atoms with Crippen molar-refractivity contribution in [3.05, 3.63) is 35.4 Å². The minimum atomic E-state index is -0.823. The van der Waals surface area contributed by atoms with Gasteiger partial charge in [-0.2, -0.15) is 0 Å². The monoisotopic (exact) mass is 371 g/mol. The van der Waals surface area contributed by atoms with E-state index in [4.69, 9.17) is 0 Å². The van der Waals surface area contributed by atoms with Crippen LogP contribution in [0.1, 0.15) is 63.1 Å². The second-order valence-corrected chi connectivity index (χ2v) is 7.88. The fourth-order valence-corrected chi connectivity index (χ4v) is 4.24. The molecule has 27 heavy (non-hydrogen) atoms. The third-order valence-electron chi connectivity index (χ3n) is 6.03. The Morgan fingerprint density at radius 1 is 1.30 bits per heavy atom. The van der Waals surface area contributed by atoms with Crippen molar-refractivity contribution in [1.82, 2.24) is 15.5 Å². The van der Waals surface area contributed by atoms with Gasteiger partial charge >= 0.3 is 6.03 Å². The van der Waals surface area contributed by atoms with Gasteiger partial charge in [0.1, 0.15) is 12.1 Å². The van der Waals surface area contributed by atoms with Gasteiger partial charge in [-0.05, 0) is 37.7 Å². The number of hydrogen-bond donors (Lipinski definition) is 2. The van der Waals surface area contributed by atoms with E-state index in [0.29, 0.717) is 6.42 Å². The van der Waals surface area contributed by atoms with Crippen LogP contribution in [0.2, 0.25) is 0 Å². The zero-order chi connectivity index (χ0) is 19.6. The zero-order valence-electron chi connectivity index (χ0n) is 16.4. The Morgan fingerprint density at radius 2 is 2.00 bits per heavy atom. The van der Waals surface area contributed by atoms with Gasteiger partial charge in [0, 0.05) is 0 Å². The standard InChI is InChI=1S/C21H29N3O3/c1-4-17(16-10-8-14(2)9-11-16)22-18(25)13-24-19(26)21(23-20(24)27)12-6-5-7-15(21)3/h8-11,15,17H,4-7,12-13H2,1-3H3,(H,22,25)(H,23,27)/t15-,17-,21+/m0/s1. The van der Waals surface area contributed by atoms with Crippen LogP contribution in [-0.2, 0) is 9.59 Å². The first-order valence-electron chi connectivity index (χ1n) is 9.87. The molecule has 146 valence electrons. The smallest absolute Gasteiger partial charge is 0.325 e. The summed E-state index contributed by atoms with van der Waals surface area (Å²) < 4.78 is 0. The number of nitrogens with one attached hydrogen (secondary N) is 2. The average Bonchev–Trinajstić information content (AvgIpc) is 2.88. The maximum Gasteiger partial charge on any atom is 0.325 e. The highest BCUT2D eigenvalue weighted by Gasteiger charge is 2.55. The Kier molecular flexibility index (Phi) is 5.53. The van der Waals surface area contributed by atoms with Gasteiger partial charge < -0.3 is 10.6 Å². The van der Waals surface area contributed by atoms with Crippen molar-refractivity contribution < 1.29 is 14.4 Å². The van der Waals surface area contributed by atoms with E-state index in [-0.39, 0.29) is 30.3 Å². The maximum atomic E-state index is 13.0. The van der Waals surface area contributed by atoms with Crippen molar-refractivity contribution >= 4 is 17.8 Å². The van der Waals surface area contributed by atoms with Gasteiger partial charge in [0.2, 0.25) is 5.91 Å². The van der Waals surface area contributed by atoms with Gasteiger partial charge in [-0.25, -0.2) is 4.79 Å². The summed E-state index contributed by atoms with van der Waals surface area (Å²) in [6.07, 6.45) is 4.29. The first-order chi connectivity index (χ1) is 12.9. The van der Waals surface area contributed by atoms with Crippen LogP contribution in [0.3, 0.4) is 0 Å². The lowest BCUT2D eigenvalue weighted by molar-refractivity contribution is -0.137. The lowest BCUT2D eigenvalue weighted by Gasteiger charge is -2.36. The third-order valence-corrected chi connectivity index (χ3v) is 6.03. The van der Waals surface area contributed by atoms with Crippen LogP contribution in [-0.4, -0.2) is 34.8 Å². The third kappa shape index (κ3) is 3.70. The highest BCUT2D eigenvalue weighted by molar-refractivity contribution is 6.09. The van der Waals surface area contributed by atoms with Crippen LogP contribution in [0.25, 0.3) is 0 Å². The summed E-state index contributed by atoms with van der Waals surface area (Å²) in [5.41, 5.74) is 1.36. The summed E-state index contributed by atoms with van der Waals surface area (Å²) in [5, 5.41) is 5.85. The molecule has 1 aliphatic carbocycles. The van der Waals surface area contributed by atoms with Crippen LogP contribution in [0.5, 0.6) is 0 Å². The average molecular weight is 371 g/mol. The molecule has 1 aromatic rings. The van der Waals surface area contributed by atoms with Crippen molar-refractivity contribution in [1.29, 1.82) is 0 Å². The van der Waals surface area contributed by atoms with E-state index in [9.17, 15) is 14.4 Å². The quantitative estimate of drug-likeness (QED) is 0.781. The van der Waals surface area contributed by atoms with Gasteiger partial charge in [0.05, 0.1) is 6.04 Å². The molecule has 1 saturated heterocycles. The summed E-state index contributed by atoms with van der Waals surface area (Å²) in [6.45, 7) is 5.78. The molecule has 0 radical (unpaired) electrons. The van der Waals surface area contributed by atoms with E-state index in [1.165, 1.54) is 0 Å². The van der Waals surface area contributed by atoms with Crippen molar-refractivity contribution in [3.63, 3.8) is 0 Å². The molecule has 0 unspecified atom stereocenters. The largest absolute Gasteiger partial charge is 0.348 e. The Hall–Kier alpha value is -2.37. The highest BCUT2D eigenvalue weighted by Crippen LogP contribution is 2.38. The predicted molar refractivity (Wildman–Crippen MR) is 103 cm³/mol. The second kappa shape index (κ2) is 7.71. The molecule has 4 amide bonds. The van der Waals surface area contributed by atoms with Crippen molar-refractivity contribution in [2.45, 2.75) is 64.5 Å². The molecule has 0 aromatic heterocycles. The van der Waals surface area contributed by atoms with Crippen LogP contribution in [0.15, 0.2) is 24.3 Å². The lowest BCUT2D eigenvalue weighted by Crippen LogP contribution is -2.54. The van der Waals surface area contributed by atoms with Crippen LogP contribution in [0, 0.1) is 12.8 Å². The molecule has 3 atom stereocenters. The van der Waals surface area contributed by atoms with E-state index in [2.05, 4.69) is 10.6 Å². The highest BCUT2D eigenvalue weighted by atomic mass is 16.2. The summed E-state index contributed by atoms with van der Waals surface area (Å²) >= 11 is 0. The minimum absolute atomic E-state index is 0.0895. The zero-order valence-corrected chi connectivity index (χ0v) is 16.4. The number of urea groups is 1. The number of hydrogen-bond acceptors (Lipinski definition) is 3. The molecule has 6 nitrogen and oxygen atoms in total. The van der Waals surface area contributed by atoms with Crippen molar-refractivity contribution in [3.8, 4) is 0 Å². The molecule has 1 aliphatic heterocycles. The van der Waals surface area contributed by atoms with Gasteiger partial charge in [0.25, 0.3) is 5.91 Å². The van der Waals surface area contributed by atoms with Crippen LogP contribution >= 0.6 is 0 Å². The van der Waals surface area contributed by atoms with Crippen molar-refractivity contribution in [2.24, 2.45) is 5.92 Å². The maximum absolute atomic E-state index is 13.0. The molecular formula is C21H29N3O3.